The van der Waals surface area contributed by atoms with Crippen molar-refractivity contribution in [1.29, 1.82) is 0 Å². The van der Waals surface area contributed by atoms with Gasteiger partial charge in [-0.3, -0.25) is 9.59 Å². The maximum absolute atomic E-state index is 12.8. The predicted molar refractivity (Wildman–Crippen MR) is 102 cm³/mol. The molecule has 1 N–H and O–H groups in total. The second-order valence-corrected chi connectivity index (χ2v) is 7.64. The minimum absolute atomic E-state index is 0.0156. The number of carbonyl (C=O) groups is 2. The number of nitrogens with zero attached hydrogens (tertiary/aromatic N) is 2. The molecule has 1 fully saturated rings. The second-order valence-electron chi connectivity index (χ2n) is 7.64. The minimum Gasteiger partial charge on any atom is -0.356 e. The molecule has 2 aliphatic heterocycles. The van der Waals surface area contributed by atoms with Gasteiger partial charge < -0.3 is 14.8 Å². The first-order valence-corrected chi connectivity index (χ1v) is 9.77. The molecule has 1 aromatic carbocycles. The number of hydrogen-bond acceptors (Lipinski definition) is 2. The summed E-state index contributed by atoms with van der Waals surface area (Å²) in [5, 5.41) is 1.19. The zero-order valence-corrected chi connectivity index (χ0v) is 15.6. The van der Waals surface area contributed by atoms with Crippen LogP contribution < -0.4 is 0 Å². The van der Waals surface area contributed by atoms with Crippen LogP contribution in [0.15, 0.2) is 24.3 Å². The van der Waals surface area contributed by atoms with Gasteiger partial charge in [0.05, 0.1) is 12.6 Å². The van der Waals surface area contributed by atoms with Crippen molar-refractivity contribution >= 4 is 22.7 Å². The van der Waals surface area contributed by atoms with E-state index in [0.717, 1.165) is 24.1 Å². The Balaban J connectivity index is 1.75. The molecule has 0 spiro atoms. The van der Waals surface area contributed by atoms with Gasteiger partial charge in [0.15, 0.2) is 0 Å². The van der Waals surface area contributed by atoms with Crippen LogP contribution in [0.3, 0.4) is 0 Å². The van der Waals surface area contributed by atoms with Gasteiger partial charge in [0.25, 0.3) is 0 Å². The highest BCUT2D eigenvalue weighted by Gasteiger charge is 2.46. The van der Waals surface area contributed by atoms with Crippen molar-refractivity contribution in [1.82, 2.24) is 14.8 Å². The van der Waals surface area contributed by atoms with Gasteiger partial charge >= 0.3 is 0 Å². The van der Waals surface area contributed by atoms with Gasteiger partial charge in [0.2, 0.25) is 11.8 Å². The van der Waals surface area contributed by atoms with Gasteiger partial charge in [-0.25, -0.2) is 0 Å². The highest BCUT2D eigenvalue weighted by atomic mass is 16.2. The van der Waals surface area contributed by atoms with Crippen molar-refractivity contribution in [2.45, 2.75) is 57.5 Å². The Hall–Kier alpha value is -2.30. The number of unbranched alkanes of at least 4 members (excludes halogenated alkanes) is 3. The highest BCUT2D eigenvalue weighted by Crippen LogP contribution is 2.41. The third-order valence-corrected chi connectivity index (χ3v) is 5.90. The first kappa shape index (κ1) is 17.1. The number of para-hydroxylation sites is 1. The van der Waals surface area contributed by atoms with Gasteiger partial charge in [-0.1, -0.05) is 50.8 Å². The fraction of sp³-hybridized carbons (Fsp3) is 0.524. The van der Waals surface area contributed by atoms with Crippen molar-refractivity contribution in [3.8, 4) is 0 Å². The lowest BCUT2D eigenvalue weighted by molar-refractivity contribution is -0.158. The largest absolute Gasteiger partial charge is 0.356 e. The Kier molecular flexibility index (Phi) is 4.47. The Labute approximate surface area is 154 Å². The molecule has 0 aliphatic carbocycles. The number of likely N-dealkylation sites (N-methyl/N-ethyl adjacent to an activating group) is 1. The molecule has 0 bridgehead atoms. The van der Waals surface area contributed by atoms with Crippen LogP contribution in [0.5, 0.6) is 0 Å². The standard InChI is InChI=1S/C21H27N3O2/c1-3-4-5-6-11-17-20-15(14-9-7-8-10-16(14)22-20)12-18-21(26)23(2)13-19(25)24(17)18/h7-10,17-18,22H,3-6,11-13H2,1-2H3/t17-,18+/m0/s1. The third kappa shape index (κ3) is 2.70. The maximum Gasteiger partial charge on any atom is 0.245 e. The number of benzene rings is 1. The van der Waals surface area contributed by atoms with Crippen LogP contribution in [-0.4, -0.2) is 46.2 Å². The summed E-state index contributed by atoms with van der Waals surface area (Å²) < 4.78 is 0. The quantitative estimate of drug-likeness (QED) is 0.838. The van der Waals surface area contributed by atoms with E-state index in [0.29, 0.717) is 6.42 Å². The van der Waals surface area contributed by atoms with Crippen molar-refractivity contribution in [3.63, 3.8) is 0 Å². The van der Waals surface area contributed by atoms with E-state index >= 15 is 0 Å². The smallest absolute Gasteiger partial charge is 0.245 e. The number of rotatable bonds is 5. The number of carbonyl (C=O) groups excluding carboxylic acids is 2. The van der Waals surface area contributed by atoms with Crippen LogP contribution in [-0.2, 0) is 16.0 Å². The van der Waals surface area contributed by atoms with Gasteiger partial charge in [0.1, 0.15) is 6.04 Å². The third-order valence-electron chi connectivity index (χ3n) is 5.90. The number of piperazine rings is 1. The van der Waals surface area contributed by atoms with Gasteiger partial charge in [-0.15, -0.1) is 0 Å². The van der Waals surface area contributed by atoms with Gasteiger partial charge in [-0.2, -0.15) is 0 Å². The first-order valence-electron chi connectivity index (χ1n) is 9.77. The number of fused-ring (bicyclic) bond motifs is 4. The average molecular weight is 353 g/mol. The van der Waals surface area contributed by atoms with E-state index in [9.17, 15) is 9.59 Å². The predicted octanol–water partition coefficient (Wildman–Crippen LogP) is 3.40. The average Bonchev–Trinajstić information content (AvgIpc) is 3.01. The molecule has 0 saturated carbocycles. The molecule has 0 radical (unpaired) electrons. The fourth-order valence-corrected chi connectivity index (χ4v) is 4.59. The number of nitrogens with one attached hydrogen (secondary N) is 1. The summed E-state index contributed by atoms with van der Waals surface area (Å²) in [6, 6.07) is 7.89. The van der Waals surface area contributed by atoms with E-state index in [1.54, 1.807) is 11.9 Å². The van der Waals surface area contributed by atoms with Crippen LogP contribution in [0.1, 0.15) is 56.3 Å². The molecule has 26 heavy (non-hydrogen) atoms. The highest BCUT2D eigenvalue weighted by molar-refractivity contribution is 5.97. The van der Waals surface area contributed by atoms with Crippen LogP contribution in [0, 0.1) is 0 Å². The molecule has 2 aromatic rings. The van der Waals surface area contributed by atoms with E-state index in [2.05, 4.69) is 24.0 Å². The summed E-state index contributed by atoms with van der Waals surface area (Å²) in [5.74, 6) is 0.140. The van der Waals surface area contributed by atoms with E-state index < -0.39 is 0 Å². The SMILES string of the molecule is CCCCCC[C@H]1c2[nH]c3ccccc3c2C[C@@H]2C(=O)N(C)CC(=O)N21. The molecule has 2 aliphatic rings. The van der Waals surface area contributed by atoms with Crippen molar-refractivity contribution in [2.75, 3.05) is 13.6 Å². The Morgan fingerprint density at radius 1 is 1.15 bits per heavy atom. The topological polar surface area (TPSA) is 56.4 Å². The Morgan fingerprint density at radius 2 is 1.96 bits per heavy atom. The van der Waals surface area contributed by atoms with Crippen molar-refractivity contribution in [3.05, 3.63) is 35.5 Å². The summed E-state index contributed by atoms with van der Waals surface area (Å²) in [6.07, 6.45) is 6.18. The number of H-pyrrole nitrogens is 1. The zero-order valence-electron chi connectivity index (χ0n) is 15.6. The molecule has 3 heterocycles. The van der Waals surface area contributed by atoms with Crippen LogP contribution in [0.2, 0.25) is 0 Å². The zero-order chi connectivity index (χ0) is 18.3. The Bertz CT molecular complexity index is 841. The first-order chi connectivity index (χ1) is 12.6. The van der Waals surface area contributed by atoms with E-state index in [1.807, 2.05) is 17.0 Å². The van der Waals surface area contributed by atoms with E-state index in [1.165, 1.54) is 30.2 Å². The fourth-order valence-electron chi connectivity index (χ4n) is 4.59. The summed E-state index contributed by atoms with van der Waals surface area (Å²) in [7, 11) is 1.73. The lowest BCUT2D eigenvalue weighted by Gasteiger charge is -2.46. The second kappa shape index (κ2) is 6.78. The molecule has 138 valence electrons. The lowest BCUT2D eigenvalue weighted by Crippen LogP contribution is -2.61. The van der Waals surface area contributed by atoms with Gasteiger partial charge in [-0.05, 0) is 18.1 Å². The molecule has 1 aromatic heterocycles. The molecular formula is C21H27N3O2. The molecular weight excluding hydrogens is 326 g/mol. The summed E-state index contributed by atoms with van der Waals surface area (Å²) >= 11 is 0. The summed E-state index contributed by atoms with van der Waals surface area (Å²) in [4.78, 5) is 32.7. The summed E-state index contributed by atoms with van der Waals surface area (Å²) in [5.41, 5.74) is 3.47. The number of aromatic nitrogens is 1. The number of amides is 2. The molecule has 4 rings (SSSR count). The van der Waals surface area contributed by atoms with E-state index in [-0.39, 0.29) is 30.4 Å². The lowest BCUT2D eigenvalue weighted by atomic mass is 9.87. The monoisotopic (exact) mass is 353 g/mol. The van der Waals surface area contributed by atoms with Crippen molar-refractivity contribution < 1.29 is 9.59 Å². The molecule has 5 heteroatoms. The number of hydrogen-bond donors (Lipinski definition) is 1. The van der Waals surface area contributed by atoms with Crippen LogP contribution in [0.4, 0.5) is 0 Å². The van der Waals surface area contributed by atoms with Crippen LogP contribution >= 0.6 is 0 Å². The Morgan fingerprint density at radius 3 is 2.77 bits per heavy atom. The minimum atomic E-state index is -0.357. The van der Waals surface area contributed by atoms with Crippen molar-refractivity contribution in [2.24, 2.45) is 0 Å². The van der Waals surface area contributed by atoms with E-state index in [4.69, 9.17) is 0 Å². The molecule has 5 nitrogen and oxygen atoms in total. The molecule has 2 amide bonds. The molecule has 0 unspecified atom stereocenters. The normalized spacial score (nSPS) is 22.7. The van der Waals surface area contributed by atoms with Gasteiger partial charge in [0, 0.05) is 30.1 Å². The maximum atomic E-state index is 12.8. The van der Waals surface area contributed by atoms with Crippen LogP contribution in [0.25, 0.3) is 10.9 Å². The summed E-state index contributed by atoms with van der Waals surface area (Å²) in [6.45, 7) is 2.39. The molecule has 2 atom stereocenters. The molecule has 1 saturated heterocycles. The number of aromatic amines is 1.